The van der Waals surface area contributed by atoms with Crippen molar-refractivity contribution in [2.24, 2.45) is 0 Å². The van der Waals surface area contributed by atoms with Gasteiger partial charge in [-0.25, -0.2) is 0 Å². The van der Waals surface area contributed by atoms with Crippen molar-refractivity contribution in [1.82, 2.24) is 5.32 Å². The molecule has 0 spiro atoms. The topological polar surface area (TPSA) is 59.6 Å². The highest BCUT2D eigenvalue weighted by Crippen LogP contribution is 2.42. The molecule has 0 aliphatic carbocycles. The van der Waals surface area contributed by atoms with Crippen LogP contribution in [0, 0.1) is 0 Å². The molecule has 1 unspecified atom stereocenters. The number of benzene rings is 1. The van der Waals surface area contributed by atoms with Gasteiger partial charge in [0.1, 0.15) is 0 Å². The molecule has 0 bridgehead atoms. The fourth-order valence-electron chi connectivity index (χ4n) is 1.73. The van der Waals surface area contributed by atoms with Crippen LogP contribution < -0.4 is 20.1 Å². The number of amides is 1. The first-order valence-corrected chi connectivity index (χ1v) is 6.35. The highest BCUT2D eigenvalue weighted by atomic mass is 35.5. The van der Waals surface area contributed by atoms with Gasteiger partial charge in [-0.15, -0.1) is 21.2 Å². The number of alkyl halides is 2. The van der Waals surface area contributed by atoms with Gasteiger partial charge >= 0.3 is 6.29 Å². The lowest BCUT2D eigenvalue weighted by Gasteiger charge is -2.13. The molecule has 1 amide bonds. The minimum Gasteiger partial charge on any atom is -0.395 e. The lowest BCUT2D eigenvalue weighted by molar-refractivity contribution is -0.286. The van der Waals surface area contributed by atoms with Crippen LogP contribution in [0.3, 0.4) is 0 Å². The number of hydrogen-bond donors (Lipinski definition) is 2. The Bertz CT molecular complexity index is 514. The van der Waals surface area contributed by atoms with Gasteiger partial charge < -0.3 is 20.1 Å². The van der Waals surface area contributed by atoms with E-state index in [2.05, 4.69) is 20.1 Å². The van der Waals surface area contributed by atoms with Crippen LogP contribution in [0.15, 0.2) is 18.2 Å². The molecule has 1 aromatic rings. The van der Waals surface area contributed by atoms with E-state index < -0.39 is 6.29 Å². The molecule has 118 valence electrons. The molecule has 1 atom stereocenters. The molecule has 0 fully saturated rings. The van der Waals surface area contributed by atoms with Gasteiger partial charge in [0.2, 0.25) is 5.91 Å². The summed E-state index contributed by atoms with van der Waals surface area (Å²) in [5, 5.41) is 5.66. The second-order valence-corrected chi connectivity index (χ2v) is 4.49. The van der Waals surface area contributed by atoms with Crippen LogP contribution in [0.2, 0.25) is 0 Å². The van der Waals surface area contributed by atoms with E-state index in [1.165, 1.54) is 18.2 Å². The van der Waals surface area contributed by atoms with Crippen LogP contribution in [0.4, 0.5) is 14.5 Å². The van der Waals surface area contributed by atoms with Gasteiger partial charge in [0.15, 0.2) is 11.5 Å². The quantitative estimate of drug-likeness (QED) is 0.875. The molecule has 8 heteroatoms. The summed E-state index contributed by atoms with van der Waals surface area (Å²) in [6.45, 7) is 4.45. The monoisotopic (exact) mass is 322 g/mol. The first-order chi connectivity index (χ1) is 9.41. The zero-order valence-corrected chi connectivity index (χ0v) is 12.4. The number of anilines is 1. The molecule has 1 aliphatic rings. The number of rotatable bonds is 5. The molecule has 5 nitrogen and oxygen atoms in total. The third kappa shape index (κ3) is 4.44. The smallest absolute Gasteiger partial charge is 0.395 e. The van der Waals surface area contributed by atoms with Crippen LogP contribution in [0.5, 0.6) is 11.5 Å². The first kappa shape index (κ1) is 17.5. The molecule has 0 saturated carbocycles. The Balaban J connectivity index is 0.00000220. The van der Waals surface area contributed by atoms with Gasteiger partial charge in [0.05, 0.1) is 6.04 Å². The Labute approximate surface area is 127 Å². The van der Waals surface area contributed by atoms with E-state index in [1.807, 2.05) is 6.92 Å². The van der Waals surface area contributed by atoms with Crippen LogP contribution in [0.1, 0.15) is 20.3 Å². The SMILES string of the molecule is CCCNC(C)C(=O)Nc1ccc2c(c1)OC(F)(F)O2.Cl. The molecular weight excluding hydrogens is 306 g/mol. The van der Waals surface area contributed by atoms with E-state index in [-0.39, 0.29) is 35.9 Å². The highest BCUT2D eigenvalue weighted by Gasteiger charge is 2.43. The lowest BCUT2D eigenvalue weighted by Crippen LogP contribution is -2.38. The molecule has 0 radical (unpaired) electrons. The summed E-state index contributed by atoms with van der Waals surface area (Å²) in [7, 11) is 0. The van der Waals surface area contributed by atoms with Crippen LogP contribution in [-0.4, -0.2) is 24.8 Å². The van der Waals surface area contributed by atoms with Crippen LogP contribution in [-0.2, 0) is 4.79 Å². The van der Waals surface area contributed by atoms with Crippen molar-refractivity contribution < 1.29 is 23.0 Å². The molecule has 2 rings (SSSR count). The third-order valence-electron chi connectivity index (χ3n) is 2.76. The highest BCUT2D eigenvalue weighted by molar-refractivity contribution is 5.94. The molecule has 0 saturated heterocycles. The van der Waals surface area contributed by atoms with Gasteiger partial charge in [-0.2, -0.15) is 0 Å². The van der Waals surface area contributed by atoms with Crippen LogP contribution >= 0.6 is 12.4 Å². The maximum absolute atomic E-state index is 12.9. The average Bonchev–Trinajstić information content (AvgIpc) is 2.68. The molecule has 1 aromatic carbocycles. The summed E-state index contributed by atoms with van der Waals surface area (Å²) < 4.78 is 34.3. The maximum Gasteiger partial charge on any atom is 0.586 e. The Morgan fingerprint density at radius 2 is 2.00 bits per heavy atom. The molecule has 1 heterocycles. The Hall–Kier alpha value is -1.60. The lowest BCUT2D eigenvalue weighted by atomic mass is 10.2. The average molecular weight is 323 g/mol. The summed E-state index contributed by atoms with van der Waals surface area (Å²) in [6, 6.07) is 3.74. The van der Waals surface area contributed by atoms with E-state index in [0.717, 1.165) is 13.0 Å². The Kier molecular flexibility index (Phi) is 5.74. The summed E-state index contributed by atoms with van der Waals surface area (Å²) >= 11 is 0. The van der Waals surface area contributed by atoms with Crippen molar-refractivity contribution in [3.8, 4) is 11.5 Å². The molecule has 21 heavy (non-hydrogen) atoms. The zero-order valence-electron chi connectivity index (χ0n) is 11.6. The Morgan fingerprint density at radius 1 is 1.33 bits per heavy atom. The van der Waals surface area contributed by atoms with Crippen molar-refractivity contribution in [3.05, 3.63) is 18.2 Å². The number of carbonyl (C=O) groups excluding carboxylic acids is 1. The van der Waals surface area contributed by atoms with E-state index in [1.54, 1.807) is 6.92 Å². The molecular formula is C13H17ClF2N2O3. The van der Waals surface area contributed by atoms with E-state index in [0.29, 0.717) is 5.69 Å². The van der Waals surface area contributed by atoms with Crippen molar-refractivity contribution in [2.45, 2.75) is 32.6 Å². The number of fused-ring (bicyclic) bond motifs is 1. The minimum atomic E-state index is -3.65. The largest absolute Gasteiger partial charge is 0.586 e. The van der Waals surface area contributed by atoms with Gasteiger partial charge in [0.25, 0.3) is 0 Å². The van der Waals surface area contributed by atoms with Gasteiger partial charge in [-0.05, 0) is 32.0 Å². The second kappa shape index (κ2) is 6.91. The molecule has 1 aliphatic heterocycles. The molecule has 2 N–H and O–H groups in total. The third-order valence-corrected chi connectivity index (χ3v) is 2.76. The number of halogens is 3. The standard InChI is InChI=1S/C13H16F2N2O3.ClH/c1-3-6-16-8(2)12(18)17-9-4-5-10-11(7-9)20-13(14,15)19-10;/h4-5,7-8,16H,3,6H2,1-2H3,(H,17,18);1H. The van der Waals surface area contributed by atoms with Crippen molar-refractivity contribution >= 4 is 24.0 Å². The fraction of sp³-hybridized carbons (Fsp3) is 0.462. The van der Waals surface area contributed by atoms with Crippen molar-refractivity contribution in [2.75, 3.05) is 11.9 Å². The van der Waals surface area contributed by atoms with Gasteiger partial charge in [0, 0.05) is 11.8 Å². The number of hydrogen-bond acceptors (Lipinski definition) is 4. The predicted molar refractivity (Wildman–Crippen MR) is 76.3 cm³/mol. The number of ether oxygens (including phenoxy) is 2. The molecule has 0 aromatic heterocycles. The van der Waals surface area contributed by atoms with Gasteiger partial charge in [-0.1, -0.05) is 6.92 Å². The van der Waals surface area contributed by atoms with Gasteiger partial charge in [-0.3, -0.25) is 4.79 Å². The van der Waals surface area contributed by atoms with E-state index in [9.17, 15) is 13.6 Å². The van der Waals surface area contributed by atoms with E-state index >= 15 is 0 Å². The van der Waals surface area contributed by atoms with Crippen molar-refractivity contribution in [1.29, 1.82) is 0 Å². The summed E-state index contributed by atoms with van der Waals surface area (Å²) in [4.78, 5) is 11.9. The normalized spacial score (nSPS) is 16.0. The zero-order chi connectivity index (χ0) is 14.8. The van der Waals surface area contributed by atoms with Crippen LogP contribution in [0.25, 0.3) is 0 Å². The minimum absolute atomic E-state index is 0. The first-order valence-electron chi connectivity index (χ1n) is 6.35. The summed E-state index contributed by atoms with van der Waals surface area (Å²) in [5.41, 5.74) is 0.375. The van der Waals surface area contributed by atoms with E-state index in [4.69, 9.17) is 0 Å². The predicted octanol–water partition coefficient (Wildman–Crippen LogP) is 2.76. The summed E-state index contributed by atoms with van der Waals surface area (Å²) in [5.74, 6) is -0.392. The van der Waals surface area contributed by atoms with Crippen molar-refractivity contribution in [3.63, 3.8) is 0 Å². The number of carbonyl (C=O) groups is 1. The second-order valence-electron chi connectivity index (χ2n) is 4.49. The summed E-state index contributed by atoms with van der Waals surface area (Å²) in [6.07, 6.45) is -2.74. The number of nitrogens with one attached hydrogen (secondary N) is 2. The fourth-order valence-corrected chi connectivity index (χ4v) is 1.73. The maximum atomic E-state index is 12.9. The Morgan fingerprint density at radius 3 is 2.67 bits per heavy atom.